The predicted molar refractivity (Wildman–Crippen MR) is 107 cm³/mol. The monoisotopic (exact) mass is 366 g/mol. The van der Waals surface area contributed by atoms with E-state index in [1.807, 2.05) is 30.3 Å². The summed E-state index contributed by atoms with van der Waals surface area (Å²) in [5.74, 6) is -0.395. The van der Waals surface area contributed by atoms with Crippen molar-refractivity contribution in [2.45, 2.75) is 39.7 Å². The number of carbonyl (C=O) groups excluding carboxylic acids is 2. The molecule has 2 aromatic rings. The minimum atomic E-state index is -0.652. The molecule has 1 aliphatic carbocycles. The number of hydrogen-bond acceptors (Lipinski definition) is 4. The Balaban J connectivity index is 1.52. The maximum Gasteiger partial charge on any atom is 0.313 e. The zero-order valence-corrected chi connectivity index (χ0v) is 15.9. The van der Waals surface area contributed by atoms with Crippen LogP contribution in [-0.2, 0) is 29.0 Å². The summed E-state index contributed by atoms with van der Waals surface area (Å²) in [7, 11) is 0. The largest absolute Gasteiger partial charge is 0.357 e. The lowest BCUT2D eigenvalue weighted by atomic mass is 10.1. The van der Waals surface area contributed by atoms with Gasteiger partial charge < -0.3 is 15.5 Å². The molecule has 1 aromatic carbocycles. The standard InChI is InChI=1S/C21H26N4O2/c1-3-25(4-2)19-11-8-15(13-22-19)14-23-20(26)21(27)24-18-10-9-16-6-5-7-17(16)12-18/h8-13H,3-7,14H2,1-2H3,(H,23,26)(H,24,27). The molecule has 2 N–H and O–H groups in total. The normalized spacial score (nSPS) is 12.4. The van der Waals surface area contributed by atoms with Crippen LogP contribution in [0.15, 0.2) is 36.5 Å². The molecule has 0 atom stereocenters. The molecule has 0 unspecified atom stereocenters. The lowest BCUT2D eigenvalue weighted by Crippen LogP contribution is -2.35. The van der Waals surface area contributed by atoms with Crippen molar-refractivity contribution in [1.29, 1.82) is 0 Å². The molecular weight excluding hydrogens is 340 g/mol. The molecule has 0 spiro atoms. The van der Waals surface area contributed by atoms with E-state index in [2.05, 4.69) is 34.4 Å². The summed E-state index contributed by atoms with van der Waals surface area (Å²) in [5, 5.41) is 5.32. The van der Waals surface area contributed by atoms with E-state index in [-0.39, 0.29) is 6.54 Å². The molecule has 1 aliphatic rings. The fraction of sp³-hybridized carbons (Fsp3) is 0.381. The minimum absolute atomic E-state index is 0.266. The van der Waals surface area contributed by atoms with Gasteiger partial charge in [0.1, 0.15) is 5.82 Å². The molecule has 1 heterocycles. The van der Waals surface area contributed by atoms with E-state index in [1.54, 1.807) is 6.20 Å². The third kappa shape index (κ3) is 4.64. The van der Waals surface area contributed by atoms with Crippen LogP contribution in [0.2, 0.25) is 0 Å². The number of amides is 2. The number of pyridine rings is 1. The summed E-state index contributed by atoms with van der Waals surface area (Å²) in [6.45, 7) is 6.21. The Labute approximate surface area is 160 Å². The maximum absolute atomic E-state index is 12.1. The molecule has 0 aliphatic heterocycles. The van der Waals surface area contributed by atoms with Crippen molar-refractivity contribution in [2.24, 2.45) is 0 Å². The molecule has 0 radical (unpaired) electrons. The van der Waals surface area contributed by atoms with Crippen LogP contribution in [0.25, 0.3) is 0 Å². The summed E-state index contributed by atoms with van der Waals surface area (Å²) in [4.78, 5) is 30.7. The molecule has 142 valence electrons. The number of fused-ring (bicyclic) bond motifs is 1. The van der Waals surface area contributed by atoms with Gasteiger partial charge in [0.25, 0.3) is 0 Å². The fourth-order valence-corrected chi connectivity index (χ4v) is 3.36. The van der Waals surface area contributed by atoms with E-state index >= 15 is 0 Å². The van der Waals surface area contributed by atoms with Gasteiger partial charge in [0.2, 0.25) is 0 Å². The number of nitrogens with zero attached hydrogens (tertiary/aromatic N) is 2. The van der Waals surface area contributed by atoms with E-state index < -0.39 is 11.8 Å². The first-order valence-electron chi connectivity index (χ1n) is 9.51. The van der Waals surface area contributed by atoms with Crippen molar-refractivity contribution in [3.05, 3.63) is 53.2 Å². The first kappa shape index (κ1) is 18.9. The van der Waals surface area contributed by atoms with Crippen molar-refractivity contribution >= 4 is 23.3 Å². The van der Waals surface area contributed by atoms with Crippen molar-refractivity contribution in [3.8, 4) is 0 Å². The Morgan fingerprint density at radius 1 is 1.04 bits per heavy atom. The van der Waals surface area contributed by atoms with Gasteiger partial charge in [0, 0.05) is 31.5 Å². The van der Waals surface area contributed by atoms with Gasteiger partial charge in [-0.1, -0.05) is 12.1 Å². The second kappa shape index (κ2) is 8.66. The van der Waals surface area contributed by atoms with E-state index in [0.29, 0.717) is 5.69 Å². The van der Waals surface area contributed by atoms with Crippen LogP contribution in [0.1, 0.15) is 37.0 Å². The highest BCUT2D eigenvalue weighted by molar-refractivity contribution is 6.39. The minimum Gasteiger partial charge on any atom is -0.357 e. The van der Waals surface area contributed by atoms with Crippen molar-refractivity contribution < 1.29 is 9.59 Å². The van der Waals surface area contributed by atoms with Gasteiger partial charge in [-0.2, -0.15) is 0 Å². The number of aryl methyl sites for hydroxylation is 2. The zero-order valence-electron chi connectivity index (χ0n) is 15.9. The van der Waals surface area contributed by atoms with Crippen LogP contribution < -0.4 is 15.5 Å². The summed E-state index contributed by atoms with van der Waals surface area (Å²) >= 11 is 0. The molecule has 0 saturated carbocycles. The van der Waals surface area contributed by atoms with E-state index in [0.717, 1.165) is 43.7 Å². The van der Waals surface area contributed by atoms with Gasteiger partial charge in [-0.15, -0.1) is 0 Å². The molecule has 0 saturated heterocycles. The third-order valence-electron chi connectivity index (χ3n) is 4.91. The third-order valence-corrected chi connectivity index (χ3v) is 4.91. The van der Waals surface area contributed by atoms with Gasteiger partial charge >= 0.3 is 11.8 Å². The first-order valence-corrected chi connectivity index (χ1v) is 9.51. The van der Waals surface area contributed by atoms with Crippen LogP contribution in [0.4, 0.5) is 11.5 Å². The smallest absolute Gasteiger partial charge is 0.313 e. The highest BCUT2D eigenvalue weighted by Crippen LogP contribution is 2.24. The second-order valence-electron chi connectivity index (χ2n) is 6.67. The van der Waals surface area contributed by atoms with Crippen LogP contribution in [0, 0.1) is 0 Å². The second-order valence-corrected chi connectivity index (χ2v) is 6.67. The number of anilines is 2. The molecule has 0 bridgehead atoms. The number of benzene rings is 1. The summed E-state index contributed by atoms with van der Waals surface area (Å²) in [6, 6.07) is 9.69. The molecular formula is C21H26N4O2. The van der Waals surface area contributed by atoms with Gasteiger partial charge in [-0.05, 0) is 68.0 Å². The van der Waals surface area contributed by atoms with Crippen LogP contribution >= 0.6 is 0 Å². The molecule has 1 aromatic heterocycles. The molecule has 6 nitrogen and oxygen atoms in total. The average Bonchev–Trinajstić information content (AvgIpc) is 3.16. The molecule has 2 amide bonds. The van der Waals surface area contributed by atoms with Crippen molar-refractivity contribution in [3.63, 3.8) is 0 Å². The first-order chi connectivity index (χ1) is 13.1. The fourth-order valence-electron chi connectivity index (χ4n) is 3.36. The van der Waals surface area contributed by atoms with Crippen molar-refractivity contribution in [1.82, 2.24) is 10.3 Å². The predicted octanol–water partition coefficient (Wildman–Crippen LogP) is 2.67. The molecule has 6 heteroatoms. The Kier molecular flexibility index (Phi) is 6.06. The number of nitrogens with one attached hydrogen (secondary N) is 2. The Morgan fingerprint density at radius 2 is 1.81 bits per heavy atom. The highest BCUT2D eigenvalue weighted by atomic mass is 16.2. The van der Waals surface area contributed by atoms with Crippen LogP contribution in [0.3, 0.4) is 0 Å². The molecule has 27 heavy (non-hydrogen) atoms. The van der Waals surface area contributed by atoms with Gasteiger partial charge in [0.05, 0.1) is 0 Å². The van der Waals surface area contributed by atoms with Crippen LogP contribution in [-0.4, -0.2) is 29.9 Å². The number of carbonyl (C=O) groups is 2. The lowest BCUT2D eigenvalue weighted by Gasteiger charge is -2.19. The Bertz CT molecular complexity index is 813. The van der Waals surface area contributed by atoms with Crippen molar-refractivity contribution in [2.75, 3.05) is 23.3 Å². The Morgan fingerprint density at radius 3 is 2.52 bits per heavy atom. The van der Waals surface area contributed by atoms with E-state index in [4.69, 9.17) is 0 Å². The summed E-state index contributed by atoms with van der Waals surface area (Å²) < 4.78 is 0. The zero-order chi connectivity index (χ0) is 19.2. The van der Waals surface area contributed by atoms with Gasteiger partial charge in [-0.25, -0.2) is 4.98 Å². The lowest BCUT2D eigenvalue weighted by molar-refractivity contribution is -0.136. The molecule has 0 fully saturated rings. The van der Waals surface area contributed by atoms with E-state index in [9.17, 15) is 9.59 Å². The van der Waals surface area contributed by atoms with Gasteiger partial charge in [-0.3, -0.25) is 9.59 Å². The summed E-state index contributed by atoms with van der Waals surface area (Å²) in [5.41, 5.74) is 4.11. The van der Waals surface area contributed by atoms with E-state index in [1.165, 1.54) is 11.1 Å². The maximum atomic E-state index is 12.1. The highest BCUT2D eigenvalue weighted by Gasteiger charge is 2.16. The quantitative estimate of drug-likeness (QED) is 0.771. The molecule has 3 rings (SSSR count). The summed E-state index contributed by atoms with van der Waals surface area (Å²) in [6.07, 6.45) is 4.99. The number of rotatable bonds is 6. The number of hydrogen-bond donors (Lipinski definition) is 2. The number of aromatic nitrogens is 1. The topological polar surface area (TPSA) is 74.3 Å². The Hall–Kier alpha value is -2.89. The SMILES string of the molecule is CCN(CC)c1ccc(CNC(=O)C(=O)Nc2ccc3c(c2)CCC3)cn1. The van der Waals surface area contributed by atoms with Crippen LogP contribution in [0.5, 0.6) is 0 Å². The van der Waals surface area contributed by atoms with Gasteiger partial charge in [0.15, 0.2) is 0 Å². The average molecular weight is 366 g/mol.